The third-order valence-electron chi connectivity index (χ3n) is 0.808. The minimum atomic E-state index is 1.02. The third-order valence-corrected chi connectivity index (χ3v) is 0.808. The van der Waals surface area contributed by atoms with Crippen molar-refractivity contribution in [3.8, 4) is 0 Å². The molecule has 0 aromatic rings. The van der Waals surface area contributed by atoms with Crippen LogP contribution >= 0.6 is 0 Å². The van der Waals surface area contributed by atoms with Crippen LogP contribution in [0.2, 0.25) is 0 Å². The zero-order valence-electron chi connectivity index (χ0n) is 4.78. The Balaban J connectivity index is 3.49. The van der Waals surface area contributed by atoms with Gasteiger partial charge in [0.05, 0.1) is 0 Å². The van der Waals surface area contributed by atoms with E-state index in [4.69, 9.17) is 0 Å². The van der Waals surface area contributed by atoms with Crippen LogP contribution < -0.4 is 0 Å². The van der Waals surface area contributed by atoms with Crippen LogP contribution in [-0.2, 0) is 0 Å². The summed E-state index contributed by atoms with van der Waals surface area (Å²) in [5.74, 6) is 0. The summed E-state index contributed by atoms with van der Waals surface area (Å²) in [6.07, 6.45) is 4.69. The molecule has 1 radical (unpaired) electrons. The van der Waals surface area contributed by atoms with E-state index < -0.39 is 0 Å². The quantitative estimate of drug-likeness (QED) is 0.462. The van der Waals surface area contributed by atoms with Gasteiger partial charge in [0.1, 0.15) is 0 Å². The summed E-state index contributed by atoms with van der Waals surface area (Å²) < 4.78 is 0. The molecular weight excluding hydrogens is 84.1 g/mol. The van der Waals surface area contributed by atoms with Crippen molar-refractivity contribution in [1.82, 2.24) is 0 Å². The number of rotatable bonds is 2. The maximum atomic E-state index is 3.74. The molecule has 0 heteroatoms. The van der Waals surface area contributed by atoms with Crippen LogP contribution in [0, 0.1) is 6.92 Å². The van der Waals surface area contributed by atoms with E-state index >= 15 is 0 Å². The van der Waals surface area contributed by atoms with Crippen LogP contribution in [0.1, 0.15) is 13.3 Å². The first-order valence-corrected chi connectivity index (χ1v) is 2.44. The van der Waals surface area contributed by atoms with E-state index in [1.165, 1.54) is 0 Å². The Kier molecular flexibility index (Phi) is 3.39. The van der Waals surface area contributed by atoms with E-state index in [1.807, 2.05) is 6.08 Å². The van der Waals surface area contributed by atoms with Gasteiger partial charge in [0.2, 0.25) is 0 Å². The summed E-state index contributed by atoms with van der Waals surface area (Å²) in [5.41, 5.74) is 1.13. The first kappa shape index (κ1) is 6.48. The average molecular weight is 95.2 g/mol. The van der Waals surface area contributed by atoms with Crippen LogP contribution in [0.15, 0.2) is 24.3 Å². The van der Waals surface area contributed by atoms with E-state index in [-0.39, 0.29) is 0 Å². The summed E-state index contributed by atoms with van der Waals surface area (Å²) in [6.45, 7) is 9.34. The molecule has 39 valence electrons. The lowest BCUT2D eigenvalue weighted by Gasteiger charge is -1.85. The monoisotopic (exact) mass is 95.1 g/mol. The Labute approximate surface area is 45.5 Å². The van der Waals surface area contributed by atoms with Gasteiger partial charge in [-0.25, -0.2) is 0 Å². The molecule has 7 heavy (non-hydrogen) atoms. The second-order valence-electron chi connectivity index (χ2n) is 1.41. The predicted octanol–water partition coefficient (Wildman–Crippen LogP) is 2.34. The lowest BCUT2D eigenvalue weighted by molar-refractivity contribution is 1.15. The second-order valence-corrected chi connectivity index (χ2v) is 1.41. The molecular formula is C7H11. The van der Waals surface area contributed by atoms with E-state index in [0.717, 1.165) is 12.0 Å². The summed E-state index contributed by atoms with van der Waals surface area (Å²) in [7, 11) is 0. The third kappa shape index (κ3) is 3.31. The van der Waals surface area contributed by atoms with Crippen LogP contribution in [0.3, 0.4) is 0 Å². The van der Waals surface area contributed by atoms with E-state index in [9.17, 15) is 0 Å². The molecule has 0 fully saturated rings. The molecule has 0 aliphatic carbocycles. The summed E-state index contributed by atoms with van der Waals surface area (Å²) in [5, 5.41) is 0. The largest absolute Gasteiger partial charge is 0.0991 e. The molecule has 0 saturated heterocycles. The van der Waals surface area contributed by atoms with Crippen molar-refractivity contribution in [1.29, 1.82) is 0 Å². The highest BCUT2D eigenvalue weighted by molar-refractivity contribution is 5.11. The van der Waals surface area contributed by atoms with Crippen LogP contribution in [0.4, 0.5) is 0 Å². The fourth-order valence-electron chi connectivity index (χ4n) is 0.285. The van der Waals surface area contributed by atoms with Crippen LogP contribution in [0.5, 0.6) is 0 Å². The van der Waals surface area contributed by atoms with Crippen molar-refractivity contribution in [2.45, 2.75) is 13.3 Å². The Bertz CT molecular complexity index is 78.0. The van der Waals surface area contributed by atoms with Gasteiger partial charge in [-0.1, -0.05) is 31.2 Å². The van der Waals surface area contributed by atoms with Gasteiger partial charge in [-0.3, -0.25) is 0 Å². The fraction of sp³-hybridized carbons (Fsp3) is 0.286. The molecule has 0 rings (SSSR count). The Morgan fingerprint density at radius 3 is 2.43 bits per heavy atom. The first-order valence-electron chi connectivity index (χ1n) is 2.44. The number of hydrogen-bond donors (Lipinski definition) is 0. The lowest BCUT2D eigenvalue weighted by atomic mass is 10.2. The molecule has 0 bridgehead atoms. The van der Waals surface area contributed by atoms with Crippen molar-refractivity contribution in [2.75, 3.05) is 0 Å². The summed E-state index contributed by atoms with van der Waals surface area (Å²) in [4.78, 5) is 0. The summed E-state index contributed by atoms with van der Waals surface area (Å²) in [6, 6.07) is 0. The maximum Gasteiger partial charge on any atom is -0.0280 e. The Morgan fingerprint density at radius 1 is 1.71 bits per heavy atom. The fourth-order valence-corrected chi connectivity index (χ4v) is 0.285. The van der Waals surface area contributed by atoms with Gasteiger partial charge < -0.3 is 0 Å². The van der Waals surface area contributed by atoms with Gasteiger partial charge in [-0.15, -0.1) is 0 Å². The van der Waals surface area contributed by atoms with E-state index in [1.54, 1.807) is 6.08 Å². The standard InChI is InChI=1S/C7H11/c1-4-6-7(3)5-2/h4,6H,1,3,5H2,2H3/b7-6+. The zero-order chi connectivity index (χ0) is 5.70. The Hall–Kier alpha value is -0.520. The molecule has 0 unspecified atom stereocenters. The predicted molar refractivity (Wildman–Crippen MR) is 33.9 cm³/mol. The molecule has 0 heterocycles. The SMILES string of the molecule is [CH2]/C(=C\C=C)CC. The molecule has 0 N–H and O–H groups in total. The minimum Gasteiger partial charge on any atom is -0.0991 e. The number of hydrogen-bond acceptors (Lipinski definition) is 0. The van der Waals surface area contributed by atoms with Gasteiger partial charge in [0.25, 0.3) is 0 Å². The molecule has 0 aliphatic heterocycles. The normalized spacial score (nSPS) is 11.4. The van der Waals surface area contributed by atoms with Gasteiger partial charge in [-0.05, 0) is 13.3 Å². The average Bonchev–Trinajstić information content (AvgIpc) is 1.68. The van der Waals surface area contributed by atoms with Gasteiger partial charge in [-0.2, -0.15) is 0 Å². The maximum absolute atomic E-state index is 3.74. The minimum absolute atomic E-state index is 1.02. The Morgan fingerprint density at radius 2 is 2.29 bits per heavy atom. The zero-order valence-corrected chi connectivity index (χ0v) is 4.78. The van der Waals surface area contributed by atoms with E-state index in [0.29, 0.717) is 0 Å². The molecule has 0 spiro atoms. The highest BCUT2D eigenvalue weighted by Gasteiger charge is 1.75. The van der Waals surface area contributed by atoms with Gasteiger partial charge in [0.15, 0.2) is 0 Å². The molecule has 0 aliphatic rings. The highest BCUT2D eigenvalue weighted by atomic mass is 13.8. The van der Waals surface area contributed by atoms with Crippen LogP contribution in [0.25, 0.3) is 0 Å². The molecule has 0 aromatic heterocycles. The van der Waals surface area contributed by atoms with Crippen molar-refractivity contribution >= 4 is 0 Å². The van der Waals surface area contributed by atoms with Crippen molar-refractivity contribution < 1.29 is 0 Å². The lowest BCUT2D eigenvalue weighted by Crippen LogP contribution is -1.65. The summed E-state index contributed by atoms with van der Waals surface area (Å²) >= 11 is 0. The first-order chi connectivity index (χ1) is 3.31. The van der Waals surface area contributed by atoms with Crippen molar-refractivity contribution in [3.05, 3.63) is 31.2 Å². The van der Waals surface area contributed by atoms with Gasteiger partial charge >= 0.3 is 0 Å². The molecule has 0 atom stereocenters. The topological polar surface area (TPSA) is 0 Å². The van der Waals surface area contributed by atoms with Gasteiger partial charge in [0, 0.05) is 0 Å². The van der Waals surface area contributed by atoms with Crippen molar-refractivity contribution in [2.24, 2.45) is 0 Å². The molecule has 0 amide bonds. The van der Waals surface area contributed by atoms with Crippen LogP contribution in [-0.4, -0.2) is 0 Å². The van der Waals surface area contributed by atoms with E-state index in [2.05, 4.69) is 20.4 Å². The highest BCUT2D eigenvalue weighted by Crippen LogP contribution is 1.95. The van der Waals surface area contributed by atoms with Crippen molar-refractivity contribution in [3.63, 3.8) is 0 Å². The molecule has 0 aromatic carbocycles. The number of allylic oxidation sites excluding steroid dienone is 3. The smallest absolute Gasteiger partial charge is 0.0280 e. The molecule has 0 nitrogen and oxygen atoms in total. The second kappa shape index (κ2) is 3.66. The molecule has 0 saturated carbocycles.